The van der Waals surface area contributed by atoms with Crippen LogP contribution in [0.3, 0.4) is 0 Å². The van der Waals surface area contributed by atoms with Crippen molar-refractivity contribution in [2.45, 2.75) is 19.8 Å². The van der Waals surface area contributed by atoms with Crippen molar-refractivity contribution in [1.29, 1.82) is 0 Å². The number of likely N-dealkylation sites (tertiary alicyclic amines) is 1. The standard InChI is InChI=1S/C15H19N3O4/c1-12-5-7-17(8-6-12)15(19)11-22-16-10-13-3-2-4-14(9-13)18(20)21/h2-4,9-10,12H,5-8,11H2,1H3/b16-10-. The maximum atomic E-state index is 11.9. The summed E-state index contributed by atoms with van der Waals surface area (Å²) in [6.07, 6.45) is 3.39. The zero-order chi connectivity index (χ0) is 15.9. The molecule has 0 aromatic heterocycles. The van der Waals surface area contributed by atoms with Crippen LogP contribution in [0.2, 0.25) is 0 Å². The summed E-state index contributed by atoms with van der Waals surface area (Å²) in [6, 6.07) is 6.03. The van der Waals surface area contributed by atoms with Crippen LogP contribution in [0.15, 0.2) is 29.4 Å². The van der Waals surface area contributed by atoms with Crippen molar-refractivity contribution in [1.82, 2.24) is 4.90 Å². The Labute approximate surface area is 128 Å². The molecule has 0 N–H and O–H groups in total. The van der Waals surface area contributed by atoms with Crippen molar-refractivity contribution in [3.8, 4) is 0 Å². The van der Waals surface area contributed by atoms with Gasteiger partial charge in [0.25, 0.3) is 11.6 Å². The number of amides is 1. The van der Waals surface area contributed by atoms with Crippen molar-refractivity contribution >= 4 is 17.8 Å². The molecule has 2 rings (SSSR count). The summed E-state index contributed by atoms with van der Waals surface area (Å²) in [5.41, 5.74) is 0.538. The minimum Gasteiger partial charge on any atom is -0.386 e. The molecule has 0 aliphatic carbocycles. The summed E-state index contributed by atoms with van der Waals surface area (Å²) in [6.45, 7) is 3.59. The predicted octanol–water partition coefficient (Wildman–Crippen LogP) is 2.20. The molecule has 1 amide bonds. The molecule has 1 aromatic rings. The second kappa shape index (κ2) is 7.53. The lowest BCUT2D eigenvalue weighted by Gasteiger charge is -2.29. The molecule has 118 valence electrons. The first-order valence-electron chi connectivity index (χ1n) is 7.24. The Hall–Kier alpha value is -2.44. The van der Waals surface area contributed by atoms with Crippen LogP contribution in [0.4, 0.5) is 5.69 Å². The second-order valence-electron chi connectivity index (χ2n) is 5.42. The van der Waals surface area contributed by atoms with E-state index >= 15 is 0 Å². The minimum absolute atomic E-state index is 0.0116. The van der Waals surface area contributed by atoms with Gasteiger partial charge in [-0.1, -0.05) is 24.2 Å². The van der Waals surface area contributed by atoms with Crippen LogP contribution >= 0.6 is 0 Å². The number of hydrogen-bond donors (Lipinski definition) is 0. The fourth-order valence-electron chi connectivity index (χ4n) is 2.26. The molecule has 7 nitrogen and oxygen atoms in total. The lowest BCUT2D eigenvalue weighted by Crippen LogP contribution is -2.39. The van der Waals surface area contributed by atoms with Gasteiger partial charge < -0.3 is 9.74 Å². The number of carbonyl (C=O) groups is 1. The van der Waals surface area contributed by atoms with Gasteiger partial charge in [0, 0.05) is 30.8 Å². The fourth-order valence-corrected chi connectivity index (χ4v) is 2.26. The maximum Gasteiger partial charge on any atom is 0.270 e. The zero-order valence-corrected chi connectivity index (χ0v) is 12.5. The van der Waals surface area contributed by atoms with E-state index in [1.54, 1.807) is 17.0 Å². The summed E-state index contributed by atoms with van der Waals surface area (Å²) in [5.74, 6) is 0.583. The molecule has 0 bridgehead atoms. The van der Waals surface area contributed by atoms with E-state index in [2.05, 4.69) is 12.1 Å². The average molecular weight is 305 g/mol. The fraction of sp³-hybridized carbons (Fsp3) is 0.467. The third kappa shape index (κ3) is 4.54. The summed E-state index contributed by atoms with van der Waals surface area (Å²) >= 11 is 0. The molecule has 1 aromatic carbocycles. The number of carbonyl (C=O) groups excluding carboxylic acids is 1. The molecule has 1 saturated heterocycles. The molecule has 1 aliphatic heterocycles. The largest absolute Gasteiger partial charge is 0.386 e. The first kappa shape index (κ1) is 15.9. The summed E-state index contributed by atoms with van der Waals surface area (Å²) < 4.78 is 0. The van der Waals surface area contributed by atoms with Gasteiger partial charge in [0.05, 0.1) is 11.1 Å². The van der Waals surface area contributed by atoms with Gasteiger partial charge in [-0.2, -0.15) is 0 Å². The van der Waals surface area contributed by atoms with Crippen LogP contribution in [0.25, 0.3) is 0 Å². The van der Waals surface area contributed by atoms with E-state index < -0.39 is 4.92 Å². The zero-order valence-electron chi connectivity index (χ0n) is 12.5. The molecular weight excluding hydrogens is 286 g/mol. The number of nitro groups is 1. The van der Waals surface area contributed by atoms with Gasteiger partial charge in [0.15, 0.2) is 6.61 Å². The third-order valence-electron chi connectivity index (χ3n) is 3.68. The highest BCUT2D eigenvalue weighted by Crippen LogP contribution is 2.16. The van der Waals surface area contributed by atoms with Gasteiger partial charge in [-0.15, -0.1) is 0 Å². The van der Waals surface area contributed by atoms with Gasteiger partial charge in [0.2, 0.25) is 0 Å². The number of hydrogen-bond acceptors (Lipinski definition) is 5. The van der Waals surface area contributed by atoms with Crippen LogP contribution in [0.5, 0.6) is 0 Å². The van der Waals surface area contributed by atoms with E-state index in [1.807, 2.05) is 0 Å². The molecule has 1 aliphatic rings. The smallest absolute Gasteiger partial charge is 0.270 e. The summed E-state index contributed by atoms with van der Waals surface area (Å²) in [4.78, 5) is 28.8. The summed E-state index contributed by atoms with van der Waals surface area (Å²) in [7, 11) is 0. The van der Waals surface area contributed by atoms with Crippen LogP contribution in [0.1, 0.15) is 25.3 Å². The lowest BCUT2D eigenvalue weighted by atomic mass is 9.99. The van der Waals surface area contributed by atoms with E-state index in [0.29, 0.717) is 11.5 Å². The number of non-ortho nitro benzene ring substituents is 1. The highest BCUT2D eigenvalue weighted by Gasteiger charge is 2.20. The Morgan fingerprint density at radius 3 is 2.91 bits per heavy atom. The topological polar surface area (TPSA) is 85.0 Å². The molecule has 0 saturated carbocycles. The Bertz CT molecular complexity index is 566. The molecule has 0 radical (unpaired) electrons. The van der Waals surface area contributed by atoms with Gasteiger partial charge in [-0.25, -0.2) is 0 Å². The Balaban J connectivity index is 1.79. The van der Waals surface area contributed by atoms with Crippen LogP contribution in [0, 0.1) is 16.0 Å². The van der Waals surface area contributed by atoms with E-state index in [9.17, 15) is 14.9 Å². The van der Waals surface area contributed by atoms with Gasteiger partial charge in [-0.05, 0) is 18.8 Å². The van der Waals surface area contributed by atoms with Crippen LogP contribution in [-0.4, -0.2) is 41.6 Å². The molecule has 1 heterocycles. The number of benzene rings is 1. The van der Waals surface area contributed by atoms with Gasteiger partial charge in [-0.3, -0.25) is 14.9 Å². The van der Waals surface area contributed by atoms with Crippen molar-refractivity contribution in [3.05, 3.63) is 39.9 Å². The average Bonchev–Trinajstić information content (AvgIpc) is 2.52. The second-order valence-corrected chi connectivity index (χ2v) is 5.42. The monoisotopic (exact) mass is 305 g/mol. The molecule has 1 fully saturated rings. The SMILES string of the molecule is CC1CCN(C(=O)CO/N=C\c2cccc([N+](=O)[O-])c2)CC1. The summed E-state index contributed by atoms with van der Waals surface area (Å²) in [5, 5.41) is 14.3. The molecular formula is C15H19N3O4. The highest BCUT2D eigenvalue weighted by molar-refractivity contribution is 5.80. The van der Waals surface area contributed by atoms with Gasteiger partial charge in [0.1, 0.15) is 0 Å². The van der Waals surface area contributed by atoms with Crippen LogP contribution < -0.4 is 0 Å². The third-order valence-corrected chi connectivity index (χ3v) is 3.68. The number of rotatable bonds is 5. The van der Waals surface area contributed by atoms with Crippen molar-refractivity contribution in [3.63, 3.8) is 0 Å². The van der Waals surface area contributed by atoms with Crippen molar-refractivity contribution in [2.75, 3.05) is 19.7 Å². The van der Waals surface area contributed by atoms with Crippen molar-refractivity contribution < 1.29 is 14.6 Å². The minimum atomic E-state index is -0.473. The predicted molar refractivity (Wildman–Crippen MR) is 81.6 cm³/mol. The Morgan fingerprint density at radius 1 is 1.50 bits per heavy atom. The molecule has 7 heteroatoms. The highest BCUT2D eigenvalue weighted by atomic mass is 16.6. The first-order chi connectivity index (χ1) is 10.6. The van der Waals surface area contributed by atoms with Crippen LogP contribution in [-0.2, 0) is 9.63 Å². The van der Waals surface area contributed by atoms with E-state index in [4.69, 9.17) is 4.84 Å². The number of nitro benzene ring substituents is 1. The Morgan fingerprint density at radius 2 is 2.23 bits per heavy atom. The van der Waals surface area contributed by atoms with Gasteiger partial charge >= 0.3 is 0 Å². The lowest BCUT2D eigenvalue weighted by molar-refractivity contribution is -0.384. The number of piperidine rings is 1. The molecule has 22 heavy (non-hydrogen) atoms. The Kier molecular flexibility index (Phi) is 5.46. The van der Waals surface area contributed by atoms with E-state index in [-0.39, 0.29) is 18.2 Å². The van der Waals surface area contributed by atoms with E-state index in [0.717, 1.165) is 25.9 Å². The molecule has 0 atom stereocenters. The normalized spacial score (nSPS) is 16.0. The number of oxime groups is 1. The van der Waals surface area contributed by atoms with E-state index in [1.165, 1.54) is 18.3 Å². The molecule has 0 spiro atoms. The van der Waals surface area contributed by atoms with Crippen molar-refractivity contribution in [2.24, 2.45) is 11.1 Å². The maximum absolute atomic E-state index is 11.9. The first-order valence-corrected chi connectivity index (χ1v) is 7.24. The number of nitrogens with zero attached hydrogens (tertiary/aromatic N) is 3. The molecule has 0 unspecified atom stereocenters. The quantitative estimate of drug-likeness (QED) is 0.474.